The van der Waals surface area contributed by atoms with Crippen LogP contribution in [0.4, 0.5) is 0 Å². The quantitative estimate of drug-likeness (QED) is 0.671. The summed E-state index contributed by atoms with van der Waals surface area (Å²) in [5.74, 6) is 0. The Hall–Kier alpha value is -0.590. The molecule has 0 atom stereocenters. The first-order chi connectivity index (χ1) is 7.64. The lowest BCUT2D eigenvalue weighted by Gasteiger charge is -2.16. The van der Waals surface area contributed by atoms with E-state index in [2.05, 4.69) is 16.3 Å². The molecule has 0 unspecified atom stereocenters. The highest BCUT2D eigenvalue weighted by Gasteiger charge is 2.15. The summed E-state index contributed by atoms with van der Waals surface area (Å²) >= 11 is 0. The van der Waals surface area contributed by atoms with Crippen molar-refractivity contribution in [2.75, 3.05) is 32.7 Å². The van der Waals surface area contributed by atoms with Gasteiger partial charge in [0.05, 0.1) is 11.5 Å². The van der Waals surface area contributed by atoms with Crippen molar-refractivity contribution in [3.63, 3.8) is 0 Å². The van der Waals surface area contributed by atoms with Gasteiger partial charge in [0.1, 0.15) is 0 Å². The van der Waals surface area contributed by atoms with Crippen LogP contribution in [0.3, 0.4) is 0 Å². The molecule has 1 fully saturated rings. The van der Waals surface area contributed by atoms with Gasteiger partial charge in [-0.1, -0.05) is 0 Å². The number of nitriles is 1. The summed E-state index contributed by atoms with van der Waals surface area (Å²) in [6.07, 6.45) is 4.83. The standard InChI is InChI=1S/C13H25N3/c1-13(2,12-14)6-5-7-15-8-11-16-9-3-4-10-16/h15H,3-11H2,1-2H3. The van der Waals surface area contributed by atoms with Crippen molar-refractivity contribution in [2.45, 2.75) is 39.5 Å². The Kier molecular flexibility index (Phi) is 5.79. The minimum Gasteiger partial charge on any atom is -0.315 e. The van der Waals surface area contributed by atoms with E-state index >= 15 is 0 Å². The van der Waals surface area contributed by atoms with Crippen molar-refractivity contribution < 1.29 is 0 Å². The van der Waals surface area contributed by atoms with Crippen molar-refractivity contribution in [3.05, 3.63) is 0 Å². The van der Waals surface area contributed by atoms with E-state index in [1.54, 1.807) is 0 Å². The number of hydrogen-bond donors (Lipinski definition) is 1. The fraction of sp³-hybridized carbons (Fsp3) is 0.923. The molecule has 1 aliphatic rings. The van der Waals surface area contributed by atoms with Crippen LogP contribution in [0, 0.1) is 16.7 Å². The topological polar surface area (TPSA) is 39.1 Å². The molecule has 16 heavy (non-hydrogen) atoms. The Morgan fingerprint density at radius 2 is 1.94 bits per heavy atom. The van der Waals surface area contributed by atoms with Gasteiger partial charge in [0, 0.05) is 13.1 Å². The molecule has 0 aromatic heterocycles. The maximum absolute atomic E-state index is 8.86. The normalized spacial score (nSPS) is 17.6. The highest BCUT2D eigenvalue weighted by atomic mass is 15.1. The Morgan fingerprint density at radius 1 is 1.25 bits per heavy atom. The van der Waals surface area contributed by atoms with E-state index in [1.807, 2.05) is 13.8 Å². The van der Waals surface area contributed by atoms with Crippen LogP contribution in [0.5, 0.6) is 0 Å². The third-order valence-electron chi connectivity index (χ3n) is 3.26. The van der Waals surface area contributed by atoms with Crippen LogP contribution in [0.1, 0.15) is 39.5 Å². The van der Waals surface area contributed by atoms with Crippen LogP contribution < -0.4 is 5.32 Å². The van der Waals surface area contributed by atoms with Gasteiger partial charge < -0.3 is 10.2 Å². The van der Waals surface area contributed by atoms with E-state index < -0.39 is 0 Å². The summed E-state index contributed by atoms with van der Waals surface area (Å²) < 4.78 is 0. The zero-order chi connectivity index (χ0) is 11.9. The van der Waals surface area contributed by atoms with Crippen LogP contribution >= 0.6 is 0 Å². The second-order valence-electron chi connectivity index (χ2n) is 5.40. The molecular formula is C13H25N3. The largest absolute Gasteiger partial charge is 0.315 e. The number of hydrogen-bond acceptors (Lipinski definition) is 3. The molecule has 3 nitrogen and oxygen atoms in total. The predicted octanol–water partition coefficient (Wildman–Crippen LogP) is 2.00. The Bertz CT molecular complexity index is 224. The molecule has 0 saturated carbocycles. The van der Waals surface area contributed by atoms with E-state index in [1.165, 1.54) is 32.5 Å². The molecular weight excluding hydrogens is 198 g/mol. The van der Waals surface area contributed by atoms with Gasteiger partial charge in [0.15, 0.2) is 0 Å². The predicted molar refractivity (Wildman–Crippen MR) is 67.2 cm³/mol. The summed E-state index contributed by atoms with van der Waals surface area (Å²) in [4.78, 5) is 2.52. The summed E-state index contributed by atoms with van der Waals surface area (Å²) in [5, 5.41) is 12.3. The van der Waals surface area contributed by atoms with Crippen molar-refractivity contribution in [1.82, 2.24) is 10.2 Å². The van der Waals surface area contributed by atoms with Crippen LogP contribution in [0.25, 0.3) is 0 Å². The monoisotopic (exact) mass is 223 g/mol. The third-order valence-corrected chi connectivity index (χ3v) is 3.26. The second kappa shape index (κ2) is 6.88. The first-order valence-corrected chi connectivity index (χ1v) is 6.48. The van der Waals surface area contributed by atoms with E-state index in [4.69, 9.17) is 5.26 Å². The summed E-state index contributed by atoms with van der Waals surface area (Å²) in [6, 6.07) is 2.34. The number of nitrogens with zero attached hydrogens (tertiary/aromatic N) is 2. The minimum absolute atomic E-state index is 0.156. The van der Waals surface area contributed by atoms with Crippen LogP contribution in [0.2, 0.25) is 0 Å². The molecule has 92 valence electrons. The van der Waals surface area contributed by atoms with Gasteiger partial charge in [-0.05, 0) is 59.2 Å². The van der Waals surface area contributed by atoms with E-state index in [9.17, 15) is 0 Å². The van der Waals surface area contributed by atoms with Gasteiger partial charge in [-0.25, -0.2) is 0 Å². The first kappa shape index (κ1) is 13.5. The highest BCUT2D eigenvalue weighted by Crippen LogP contribution is 2.19. The van der Waals surface area contributed by atoms with Crippen LogP contribution in [-0.4, -0.2) is 37.6 Å². The average molecular weight is 223 g/mol. The number of likely N-dealkylation sites (tertiary alicyclic amines) is 1. The Balaban J connectivity index is 1.90. The lowest BCUT2D eigenvalue weighted by molar-refractivity contribution is 0.333. The van der Waals surface area contributed by atoms with Gasteiger partial charge in [0.2, 0.25) is 0 Å². The molecule has 0 radical (unpaired) electrons. The Morgan fingerprint density at radius 3 is 2.56 bits per heavy atom. The molecule has 0 aromatic rings. The third kappa shape index (κ3) is 5.48. The smallest absolute Gasteiger partial charge is 0.0683 e. The average Bonchev–Trinajstić information content (AvgIpc) is 2.76. The number of nitrogens with one attached hydrogen (secondary N) is 1. The fourth-order valence-electron chi connectivity index (χ4n) is 2.08. The molecule has 0 bridgehead atoms. The molecule has 1 N–H and O–H groups in total. The van der Waals surface area contributed by atoms with Gasteiger partial charge in [-0.3, -0.25) is 0 Å². The summed E-state index contributed by atoms with van der Waals surface area (Å²) in [5.41, 5.74) is -0.156. The zero-order valence-corrected chi connectivity index (χ0v) is 10.8. The molecule has 0 aromatic carbocycles. The fourth-order valence-corrected chi connectivity index (χ4v) is 2.08. The van der Waals surface area contributed by atoms with Crippen molar-refractivity contribution in [3.8, 4) is 6.07 Å². The van der Waals surface area contributed by atoms with E-state index in [0.717, 1.165) is 25.9 Å². The maximum Gasteiger partial charge on any atom is 0.0683 e. The van der Waals surface area contributed by atoms with Gasteiger partial charge in [0.25, 0.3) is 0 Å². The minimum atomic E-state index is -0.156. The van der Waals surface area contributed by atoms with E-state index in [-0.39, 0.29) is 5.41 Å². The molecule has 1 heterocycles. The summed E-state index contributed by atoms with van der Waals surface area (Å²) in [7, 11) is 0. The van der Waals surface area contributed by atoms with Crippen molar-refractivity contribution in [1.29, 1.82) is 5.26 Å². The first-order valence-electron chi connectivity index (χ1n) is 6.48. The molecule has 3 heteroatoms. The molecule has 0 aliphatic carbocycles. The maximum atomic E-state index is 8.86. The van der Waals surface area contributed by atoms with Gasteiger partial charge in [-0.2, -0.15) is 5.26 Å². The molecule has 0 spiro atoms. The van der Waals surface area contributed by atoms with Crippen LogP contribution in [0.15, 0.2) is 0 Å². The van der Waals surface area contributed by atoms with E-state index in [0.29, 0.717) is 0 Å². The second-order valence-corrected chi connectivity index (χ2v) is 5.40. The summed E-state index contributed by atoms with van der Waals surface area (Å²) in [6.45, 7) is 9.90. The Labute approximate surface area is 99.8 Å². The van der Waals surface area contributed by atoms with Gasteiger partial charge >= 0.3 is 0 Å². The lowest BCUT2D eigenvalue weighted by Crippen LogP contribution is -2.30. The van der Waals surface area contributed by atoms with Gasteiger partial charge in [-0.15, -0.1) is 0 Å². The lowest BCUT2D eigenvalue weighted by atomic mass is 9.90. The zero-order valence-electron chi connectivity index (χ0n) is 10.8. The molecule has 1 aliphatic heterocycles. The highest BCUT2D eigenvalue weighted by molar-refractivity contribution is 4.91. The van der Waals surface area contributed by atoms with Crippen LogP contribution in [-0.2, 0) is 0 Å². The SMILES string of the molecule is CC(C)(C#N)CCCNCCN1CCCC1. The molecule has 1 saturated heterocycles. The van der Waals surface area contributed by atoms with Crippen molar-refractivity contribution in [2.24, 2.45) is 5.41 Å². The number of rotatable bonds is 7. The molecule has 1 rings (SSSR count). The van der Waals surface area contributed by atoms with Crippen molar-refractivity contribution >= 4 is 0 Å². The molecule has 0 amide bonds.